The number of amides is 2. The third-order valence-electron chi connectivity index (χ3n) is 5.13. The fraction of sp³-hybridized carbons (Fsp3) is 0.500. The molecule has 1 saturated heterocycles. The Bertz CT molecular complexity index is 792. The summed E-state index contributed by atoms with van der Waals surface area (Å²) in [4.78, 5) is 34.4. The Hall–Kier alpha value is -2.20. The van der Waals surface area contributed by atoms with Gasteiger partial charge in [-0.15, -0.1) is 4.99 Å². The molecule has 2 amide bonds. The predicted octanol–water partition coefficient (Wildman–Crippen LogP) is 2.39. The van der Waals surface area contributed by atoms with Crippen LogP contribution in [0.5, 0.6) is 5.75 Å². The molecule has 10 heteroatoms. The average molecular weight is 442 g/mol. The van der Waals surface area contributed by atoms with Crippen molar-refractivity contribution in [3.63, 3.8) is 0 Å². The van der Waals surface area contributed by atoms with Gasteiger partial charge < -0.3 is 15.4 Å². The number of hydrogen-bond acceptors (Lipinski definition) is 6. The summed E-state index contributed by atoms with van der Waals surface area (Å²) in [5.74, 6) is -1.06. The van der Waals surface area contributed by atoms with Crippen LogP contribution in [0.3, 0.4) is 0 Å². The van der Waals surface area contributed by atoms with E-state index in [1.165, 1.54) is 12.1 Å². The third-order valence-corrected chi connectivity index (χ3v) is 5.43. The van der Waals surface area contributed by atoms with Crippen molar-refractivity contribution in [2.75, 3.05) is 13.2 Å². The molecule has 1 aliphatic heterocycles. The lowest BCUT2D eigenvalue weighted by Gasteiger charge is -2.39. The number of halogens is 2. The molecule has 164 valence electrons. The Morgan fingerprint density at radius 3 is 2.93 bits per heavy atom. The van der Waals surface area contributed by atoms with Crippen molar-refractivity contribution in [1.29, 1.82) is 0 Å². The van der Waals surface area contributed by atoms with E-state index in [4.69, 9.17) is 26.2 Å². The van der Waals surface area contributed by atoms with Crippen molar-refractivity contribution in [3.8, 4) is 5.75 Å². The van der Waals surface area contributed by atoms with Crippen molar-refractivity contribution in [2.45, 2.75) is 44.2 Å². The topological polar surface area (TPSA) is 97.9 Å². The lowest BCUT2D eigenvalue weighted by Crippen LogP contribution is -2.55. The van der Waals surface area contributed by atoms with Crippen LogP contribution < -0.4 is 20.9 Å². The monoisotopic (exact) mass is 441 g/mol. The summed E-state index contributed by atoms with van der Waals surface area (Å²) in [5.41, 5.74) is 3.28. The normalized spacial score (nSPS) is 23.2. The lowest BCUT2D eigenvalue weighted by molar-refractivity contribution is -0.398. The molecule has 30 heavy (non-hydrogen) atoms. The minimum absolute atomic E-state index is 0.0205. The molecule has 3 unspecified atom stereocenters. The van der Waals surface area contributed by atoms with Crippen LogP contribution in [0.25, 0.3) is 0 Å². The second-order valence-corrected chi connectivity index (χ2v) is 7.74. The molecule has 2 aliphatic rings. The van der Waals surface area contributed by atoms with Crippen molar-refractivity contribution in [1.82, 2.24) is 16.1 Å². The second kappa shape index (κ2) is 10.7. The van der Waals surface area contributed by atoms with Crippen LogP contribution in [-0.4, -0.2) is 37.1 Å². The number of benzene rings is 1. The van der Waals surface area contributed by atoms with Crippen LogP contribution in [0.15, 0.2) is 30.5 Å². The molecule has 0 radical (unpaired) electrons. The van der Waals surface area contributed by atoms with Crippen LogP contribution in [-0.2, 0) is 19.5 Å². The maximum absolute atomic E-state index is 13.3. The van der Waals surface area contributed by atoms with E-state index in [1.54, 1.807) is 0 Å². The molecule has 3 N–H and O–H groups in total. The molecule has 0 bridgehead atoms. The molecule has 1 aromatic rings. The van der Waals surface area contributed by atoms with Gasteiger partial charge in [0.2, 0.25) is 0 Å². The average Bonchev–Trinajstić information content (AvgIpc) is 2.74. The Balaban J connectivity index is 1.35. The van der Waals surface area contributed by atoms with E-state index in [0.717, 1.165) is 31.7 Å². The Kier molecular flexibility index (Phi) is 8.03. The van der Waals surface area contributed by atoms with E-state index in [0.29, 0.717) is 12.1 Å². The number of nitrogens with one attached hydrogen (secondary N) is 3. The molecular weight excluding hydrogens is 417 g/mol. The van der Waals surface area contributed by atoms with Crippen molar-refractivity contribution >= 4 is 23.4 Å². The first-order valence-electron chi connectivity index (χ1n) is 9.85. The van der Waals surface area contributed by atoms with Crippen molar-refractivity contribution in [2.24, 2.45) is 5.92 Å². The van der Waals surface area contributed by atoms with Crippen LogP contribution in [0.2, 0.25) is 5.02 Å². The third kappa shape index (κ3) is 6.15. The Labute approximate surface area is 179 Å². The number of rotatable bonds is 8. The first kappa shape index (κ1) is 22.5. The van der Waals surface area contributed by atoms with Gasteiger partial charge >= 0.3 is 0 Å². The molecule has 2 fully saturated rings. The summed E-state index contributed by atoms with van der Waals surface area (Å²) in [5, 5.41) is 5.35. The molecule has 1 heterocycles. The molecule has 8 nitrogen and oxygen atoms in total. The molecule has 1 aromatic carbocycles. The zero-order valence-corrected chi connectivity index (χ0v) is 17.2. The summed E-state index contributed by atoms with van der Waals surface area (Å²) < 4.78 is 18.6. The van der Waals surface area contributed by atoms with Gasteiger partial charge in [-0.25, -0.2) is 9.28 Å². The fourth-order valence-corrected chi connectivity index (χ4v) is 3.66. The van der Waals surface area contributed by atoms with Gasteiger partial charge in [0.25, 0.3) is 11.8 Å². The van der Waals surface area contributed by atoms with E-state index in [9.17, 15) is 14.0 Å². The molecule has 0 aromatic heterocycles. The highest BCUT2D eigenvalue weighted by Crippen LogP contribution is 2.31. The minimum Gasteiger partial charge on any atom is -0.484 e. The maximum atomic E-state index is 13.3. The smallest absolute Gasteiger partial charge is 0.257 e. The van der Waals surface area contributed by atoms with Crippen LogP contribution in [0.4, 0.5) is 4.39 Å². The highest BCUT2D eigenvalue weighted by atomic mass is 35.5. The fourth-order valence-electron chi connectivity index (χ4n) is 3.55. The molecule has 3 rings (SSSR count). The summed E-state index contributed by atoms with van der Waals surface area (Å²) in [6.45, 7) is 3.80. The van der Waals surface area contributed by atoms with Gasteiger partial charge in [-0.1, -0.05) is 31.0 Å². The molecular formula is C20H25ClFN3O5. The molecule has 1 aliphatic carbocycles. The first-order chi connectivity index (χ1) is 14.4. The summed E-state index contributed by atoms with van der Waals surface area (Å²) >= 11 is 5.59. The van der Waals surface area contributed by atoms with Gasteiger partial charge in [-0.05, 0) is 25.0 Å². The van der Waals surface area contributed by atoms with Gasteiger partial charge in [-0.2, -0.15) is 5.48 Å². The summed E-state index contributed by atoms with van der Waals surface area (Å²) in [7, 11) is 0. The Morgan fingerprint density at radius 2 is 2.13 bits per heavy atom. The van der Waals surface area contributed by atoms with Crippen LogP contribution >= 0.6 is 11.6 Å². The summed E-state index contributed by atoms with van der Waals surface area (Å²) in [6, 6.07) is 4.03. The number of ether oxygens (including phenoxy) is 1. The number of carbonyl (C=O) groups excluding carboxylic acids is 2. The number of carbonyl (C=O) groups is 2. The van der Waals surface area contributed by atoms with E-state index in [1.807, 2.05) is 0 Å². The molecule has 3 atom stereocenters. The molecule has 0 spiro atoms. The quantitative estimate of drug-likeness (QED) is 0.536. The van der Waals surface area contributed by atoms with Gasteiger partial charge in [0.1, 0.15) is 11.6 Å². The van der Waals surface area contributed by atoms with Crippen molar-refractivity contribution < 1.29 is 28.6 Å². The predicted molar refractivity (Wildman–Crippen MR) is 107 cm³/mol. The maximum Gasteiger partial charge on any atom is 0.257 e. The van der Waals surface area contributed by atoms with E-state index in [-0.39, 0.29) is 47.7 Å². The van der Waals surface area contributed by atoms with E-state index in [2.05, 4.69) is 22.7 Å². The van der Waals surface area contributed by atoms with Gasteiger partial charge in [0.15, 0.2) is 12.7 Å². The van der Waals surface area contributed by atoms with E-state index >= 15 is 0 Å². The zero-order valence-electron chi connectivity index (χ0n) is 16.4. The van der Waals surface area contributed by atoms with Gasteiger partial charge in [-0.3, -0.25) is 9.59 Å². The van der Waals surface area contributed by atoms with E-state index < -0.39 is 11.9 Å². The standard InChI is InChI=1S/C20H25ClFN3O5/c1-12(24-20(27)19-14-4-2-3-5-17(14)25-30-29-19)8-9-23-18(26)11-28-13-6-7-15(21)16(22)10-13/h6-7,10,14,17,19,25H,1-5,8-9,11H2,(H,23,26)(H,24,27). The van der Waals surface area contributed by atoms with Gasteiger partial charge in [0.05, 0.1) is 5.02 Å². The molecule has 1 saturated carbocycles. The lowest BCUT2D eigenvalue weighted by atomic mass is 9.81. The van der Waals surface area contributed by atoms with Crippen LogP contribution in [0.1, 0.15) is 32.1 Å². The highest BCUT2D eigenvalue weighted by Gasteiger charge is 2.41. The number of fused-ring (bicyclic) bond motifs is 1. The van der Waals surface area contributed by atoms with Crippen molar-refractivity contribution in [3.05, 3.63) is 41.3 Å². The second-order valence-electron chi connectivity index (χ2n) is 7.33. The number of hydroxylamine groups is 1. The first-order valence-corrected chi connectivity index (χ1v) is 10.2. The SMILES string of the molecule is C=C(CCNC(=O)COc1ccc(Cl)c(F)c1)NC(=O)C1OONC2CCCCC21. The minimum atomic E-state index is -0.698. The van der Waals surface area contributed by atoms with Gasteiger partial charge in [0, 0.05) is 36.7 Å². The van der Waals surface area contributed by atoms with Crippen LogP contribution in [0, 0.1) is 11.7 Å². The zero-order chi connectivity index (χ0) is 21.5. The number of hydrogen-bond donors (Lipinski definition) is 3. The summed E-state index contributed by atoms with van der Waals surface area (Å²) in [6.07, 6.45) is 3.61. The Morgan fingerprint density at radius 1 is 1.33 bits per heavy atom. The highest BCUT2D eigenvalue weighted by molar-refractivity contribution is 6.30. The largest absolute Gasteiger partial charge is 0.484 e.